The van der Waals surface area contributed by atoms with Crippen LogP contribution in [0.5, 0.6) is 0 Å². The van der Waals surface area contributed by atoms with Crippen LogP contribution in [0.4, 0.5) is 11.4 Å². The Labute approximate surface area is 111 Å². The Morgan fingerprint density at radius 2 is 2.26 bits per heavy atom. The van der Waals surface area contributed by atoms with Crippen molar-refractivity contribution in [3.05, 3.63) is 35.9 Å². The molecular weight excluding hydrogens is 242 g/mol. The lowest BCUT2D eigenvalue weighted by Gasteiger charge is -2.18. The SMILES string of the molecule is CCc1cc(C(=O)N(C)c2ccncc2N)n(C)n1. The van der Waals surface area contributed by atoms with Gasteiger partial charge in [-0.2, -0.15) is 5.10 Å². The molecule has 0 aliphatic rings. The highest BCUT2D eigenvalue weighted by atomic mass is 16.2. The number of rotatable bonds is 3. The lowest BCUT2D eigenvalue weighted by atomic mass is 10.2. The summed E-state index contributed by atoms with van der Waals surface area (Å²) in [5.74, 6) is -0.146. The molecule has 19 heavy (non-hydrogen) atoms. The van der Waals surface area contributed by atoms with Crippen LogP contribution in [0.2, 0.25) is 0 Å². The highest BCUT2D eigenvalue weighted by Crippen LogP contribution is 2.21. The summed E-state index contributed by atoms with van der Waals surface area (Å²) in [6, 6.07) is 3.51. The monoisotopic (exact) mass is 259 g/mol. The van der Waals surface area contributed by atoms with Crippen LogP contribution in [0.1, 0.15) is 23.1 Å². The van der Waals surface area contributed by atoms with Crippen molar-refractivity contribution in [2.75, 3.05) is 17.7 Å². The summed E-state index contributed by atoms with van der Waals surface area (Å²) in [6.07, 6.45) is 3.93. The summed E-state index contributed by atoms with van der Waals surface area (Å²) >= 11 is 0. The zero-order chi connectivity index (χ0) is 14.0. The molecule has 0 radical (unpaired) electrons. The van der Waals surface area contributed by atoms with Crippen molar-refractivity contribution in [1.29, 1.82) is 0 Å². The van der Waals surface area contributed by atoms with Crippen molar-refractivity contribution >= 4 is 17.3 Å². The molecule has 2 rings (SSSR count). The Morgan fingerprint density at radius 3 is 2.84 bits per heavy atom. The van der Waals surface area contributed by atoms with Crippen molar-refractivity contribution in [3.63, 3.8) is 0 Å². The van der Waals surface area contributed by atoms with E-state index >= 15 is 0 Å². The molecule has 1 amide bonds. The van der Waals surface area contributed by atoms with Crippen LogP contribution in [-0.2, 0) is 13.5 Å². The molecule has 0 aliphatic carbocycles. The van der Waals surface area contributed by atoms with Crippen LogP contribution >= 0.6 is 0 Å². The Morgan fingerprint density at radius 1 is 1.53 bits per heavy atom. The Balaban J connectivity index is 2.33. The van der Waals surface area contributed by atoms with E-state index < -0.39 is 0 Å². The number of pyridine rings is 1. The first kappa shape index (κ1) is 13.1. The zero-order valence-corrected chi connectivity index (χ0v) is 11.3. The van der Waals surface area contributed by atoms with Gasteiger partial charge in [-0.1, -0.05) is 6.92 Å². The number of anilines is 2. The van der Waals surface area contributed by atoms with Gasteiger partial charge in [0, 0.05) is 20.3 Å². The van der Waals surface area contributed by atoms with Crippen molar-refractivity contribution in [2.45, 2.75) is 13.3 Å². The average molecular weight is 259 g/mol. The molecule has 6 heteroatoms. The number of aryl methyl sites for hydroxylation is 2. The van der Waals surface area contributed by atoms with E-state index in [9.17, 15) is 4.79 Å². The maximum absolute atomic E-state index is 12.4. The fourth-order valence-electron chi connectivity index (χ4n) is 1.89. The molecule has 0 spiro atoms. The van der Waals surface area contributed by atoms with Gasteiger partial charge in [0.2, 0.25) is 0 Å². The predicted molar refractivity (Wildman–Crippen MR) is 74.0 cm³/mol. The molecule has 0 bridgehead atoms. The standard InChI is InChI=1S/C13H17N5O/c1-4-9-7-12(18(3)16-9)13(19)17(2)11-5-6-15-8-10(11)14/h5-8H,4,14H2,1-3H3. The summed E-state index contributed by atoms with van der Waals surface area (Å²) in [5.41, 5.74) is 8.36. The zero-order valence-electron chi connectivity index (χ0n) is 11.3. The molecule has 0 fully saturated rings. The second-order valence-corrected chi connectivity index (χ2v) is 4.30. The van der Waals surface area contributed by atoms with Crippen molar-refractivity contribution < 1.29 is 4.79 Å². The first-order valence-corrected chi connectivity index (χ1v) is 6.05. The number of aromatic nitrogens is 3. The van der Waals surface area contributed by atoms with Crippen LogP contribution in [-0.4, -0.2) is 27.7 Å². The van der Waals surface area contributed by atoms with E-state index in [2.05, 4.69) is 10.1 Å². The van der Waals surface area contributed by atoms with Gasteiger partial charge in [0.25, 0.3) is 5.91 Å². The molecule has 0 atom stereocenters. The lowest BCUT2D eigenvalue weighted by molar-refractivity contribution is 0.0984. The van der Waals surface area contributed by atoms with Gasteiger partial charge in [-0.3, -0.25) is 14.5 Å². The fraction of sp³-hybridized carbons (Fsp3) is 0.308. The van der Waals surface area contributed by atoms with Gasteiger partial charge in [-0.25, -0.2) is 0 Å². The molecule has 0 aliphatic heterocycles. The number of carbonyl (C=O) groups excluding carboxylic acids is 1. The minimum atomic E-state index is -0.146. The third-order valence-electron chi connectivity index (χ3n) is 3.01. The first-order chi connectivity index (χ1) is 9.04. The summed E-state index contributed by atoms with van der Waals surface area (Å²) in [6.45, 7) is 2.00. The van der Waals surface area contributed by atoms with Gasteiger partial charge in [-0.05, 0) is 18.6 Å². The normalized spacial score (nSPS) is 10.5. The Bertz CT molecular complexity index is 605. The van der Waals surface area contributed by atoms with Crippen LogP contribution in [0.15, 0.2) is 24.5 Å². The summed E-state index contributed by atoms with van der Waals surface area (Å²) < 4.78 is 1.59. The first-order valence-electron chi connectivity index (χ1n) is 6.05. The van der Waals surface area contributed by atoms with Crippen LogP contribution in [0, 0.1) is 0 Å². The third kappa shape index (κ3) is 2.42. The van der Waals surface area contributed by atoms with Crippen LogP contribution in [0.3, 0.4) is 0 Å². The van der Waals surface area contributed by atoms with Gasteiger partial charge in [0.15, 0.2) is 0 Å². The third-order valence-corrected chi connectivity index (χ3v) is 3.01. The minimum Gasteiger partial charge on any atom is -0.396 e. The van der Waals surface area contributed by atoms with Crippen molar-refractivity contribution in [2.24, 2.45) is 7.05 Å². The molecular formula is C13H17N5O. The number of amides is 1. The van der Waals surface area contributed by atoms with E-state index in [0.29, 0.717) is 17.1 Å². The number of nitrogen functional groups attached to an aromatic ring is 1. The van der Waals surface area contributed by atoms with E-state index in [4.69, 9.17) is 5.73 Å². The molecule has 100 valence electrons. The van der Waals surface area contributed by atoms with E-state index in [1.807, 2.05) is 6.92 Å². The molecule has 0 saturated heterocycles. The summed E-state index contributed by atoms with van der Waals surface area (Å²) in [5, 5.41) is 4.27. The highest BCUT2D eigenvalue weighted by molar-refractivity contribution is 6.06. The molecule has 2 N–H and O–H groups in total. The highest BCUT2D eigenvalue weighted by Gasteiger charge is 2.19. The van der Waals surface area contributed by atoms with E-state index in [1.54, 1.807) is 37.1 Å². The Kier molecular flexibility index (Phi) is 3.50. The quantitative estimate of drug-likeness (QED) is 0.899. The number of hydrogen-bond acceptors (Lipinski definition) is 4. The second-order valence-electron chi connectivity index (χ2n) is 4.30. The second kappa shape index (κ2) is 5.09. The number of hydrogen-bond donors (Lipinski definition) is 1. The predicted octanol–water partition coefficient (Wildman–Crippen LogP) is 1.24. The fourth-order valence-corrected chi connectivity index (χ4v) is 1.89. The molecule has 0 saturated carbocycles. The van der Waals surface area contributed by atoms with Gasteiger partial charge < -0.3 is 10.6 Å². The number of nitrogens with zero attached hydrogens (tertiary/aromatic N) is 4. The van der Waals surface area contributed by atoms with E-state index in [1.165, 1.54) is 11.1 Å². The van der Waals surface area contributed by atoms with Crippen molar-refractivity contribution in [1.82, 2.24) is 14.8 Å². The molecule has 6 nitrogen and oxygen atoms in total. The van der Waals surface area contributed by atoms with Gasteiger partial charge in [-0.15, -0.1) is 0 Å². The smallest absolute Gasteiger partial charge is 0.276 e. The van der Waals surface area contributed by atoms with Crippen molar-refractivity contribution in [3.8, 4) is 0 Å². The maximum Gasteiger partial charge on any atom is 0.276 e. The average Bonchev–Trinajstić information content (AvgIpc) is 2.79. The Hall–Kier alpha value is -2.37. The summed E-state index contributed by atoms with van der Waals surface area (Å²) in [7, 11) is 3.45. The molecule has 0 unspecified atom stereocenters. The molecule has 2 aromatic rings. The lowest BCUT2D eigenvalue weighted by Crippen LogP contribution is -2.28. The van der Waals surface area contributed by atoms with Gasteiger partial charge in [0.1, 0.15) is 5.69 Å². The number of nitrogens with two attached hydrogens (primary N) is 1. The van der Waals surface area contributed by atoms with Crippen LogP contribution in [0.25, 0.3) is 0 Å². The van der Waals surface area contributed by atoms with E-state index in [0.717, 1.165) is 12.1 Å². The maximum atomic E-state index is 12.4. The molecule has 0 aromatic carbocycles. The molecule has 2 heterocycles. The number of carbonyl (C=O) groups is 1. The van der Waals surface area contributed by atoms with Crippen LogP contribution < -0.4 is 10.6 Å². The van der Waals surface area contributed by atoms with Gasteiger partial charge in [0.05, 0.1) is 23.3 Å². The van der Waals surface area contributed by atoms with Gasteiger partial charge >= 0.3 is 0 Å². The topological polar surface area (TPSA) is 77.0 Å². The summed E-state index contributed by atoms with van der Waals surface area (Å²) in [4.78, 5) is 17.9. The largest absolute Gasteiger partial charge is 0.396 e. The minimum absolute atomic E-state index is 0.146. The molecule has 2 aromatic heterocycles. The van der Waals surface area contributed by atoms with E-state index in [-0.39, 0.29) is 5.91 Å².